The van der Waals surface area contributed by atoms with Crippen LogP contribution < -0.4 is 10.0 Å². The fourth-order valence-electron chi connectivity index (χ4n) is 3.74. The molecule has 1 atom stereocenters. The standard InChI is InChI=1S/C22H28N2O4S/c1-16(17-9-5-4-6-10-17)23-21-14-13-19(15-20(21)22(25)26)29(27,28)24-18-11-7-2-3-8-12-18/h4-6,9-10,13-16,18,23-24H,2-3,7-8,11-12H2,1H3,(H,25,26). The van der Waals surface area contributed by atoms with Gasteiger partial charge in [-0.3, -0.25) is 0 Å². The van der Waals surface area contributed by atoms with E-state index in [-0.39, 0.29) is 22.5 Å². The number of benzene rings is 2. The van der Waals surface area contributed by atoms with Gasteiger partial charge in [0.2, 0.25) is 10.0 Å². The molecule has 3 rings (SSSR count). The van der Waals surface area contributed by atoms with Gasteiger partial charge in [-0.1, -0.05) is 56.0 Å². The zero-order valence-electron chi connectivity index (χ0n) is 16.6. The van der Waals surface area contributed by atoms with Crippen molar-refractivity contribution in [1.29, 1.82) is 0 Å². The molecular weight excluding hydrogens is 388 g/mol. The van der Waals surface area contributed by atoms with Crippen LogP contribution in [0.4, 0.5) is 5.69 Å². The van der Waals surface area contributed by atoms with Crippen LogP contribution in [0.5, 0.6) is 0 Å². The van der Waals surface area contributed by atoms with E-state index in [1.807, 2.05) is 37.3 Å². The molecule has 0 aromatic heterocycles. The van der Waals surface area contributed by atoms with Gasteiger partial charge in [0.1, 0.15) is 0 Å². The smallest absolute Gasteiger partial charge is 0.337 e. The van der Waals surface area contributed by atoms with E-state index in [0.29, 0.717) is 5.69 Å². The van der Waals surface area contributed by atoms with Crippen LogP contribution >= 0.6 is 0 Å². The second-order valence-electron chi connectivity index (χ2n) is 7.60. The highest BCUT2D eigenvalue weighted by Gasteiger charge is 2.23. The van der Waals surface area contributed by atoms with Gasteiger partial charge in [-0.25, -0.2) is 17.9 Å². The van der Waals surface area contributed by atoms with Crippen LogP contribution in [0.15, 0.2) is 53.4 Å². The Bertz CT molecular complexity index is 937. The van der Waals surface area contributed by atoms with Gasteiger partial charge in [0.05, 0.1) is 10.5 Å². The van der Waals surface area contributed by atoms with Crippen molar-refractivity contribution in [1.82, 2.24) is 4.72 Å². The van der Waals surface area contributed by atoms with Crippen LogP contribution in [0, 0.1) is 0 Å². The minimum Gasteiger partial charge on any atom is -0.478 e. The lowest BCUT2D eigenvalue weighted by Gasteiger charge is -2.19. The summed E-state index contributed by atoms with van der Waals surface area (Å²) in [6.45, 7) is 1.93. The Kier molecular flexibility index (Phi) is 6.92. The van der Waals surface area contributed by atoms with Gasteiger partial charge >= 0.3 is 5.97 Å². The number of hydrogen-bond donors (Lipinski definition) is 3. The monoisotopic (exact) mass is 416 g/mol. The van der Waals surface area contributed by atoms with E-state index in [1.54, 1.807) is 0 Å². The molecule has 1 aliphatic carbocycles. The number of carboxylic acid groups (broad SMARTS) is 1. The van der Waals surface area contributed by atoms with Crippen LogP contribution in [-0.4, -0.2) is 25.5 Å². The van der Waals surface area contributed by atoms with Gasteiger partial charge in [-0.15, -0.1) is 0 Å². The first-order valence-corrected chi connectivity index (χ1v) is 11.6. The Morgan fingerprint density at radius 3 is 2.31 bits per heavy atom. The summed E-state index contributed by atoms with van der Waals surface area (Å²) < 4.78 is 28.4. The molecule has 1 unspecified atom stereocenters. The molecule has 0 spiro atoms. The number of carbonyl (C=O) groups is 1. The van der Waals surface area contributed by atoms with Crippen LogP contribution in [0.25, 0.3) is 0 Å². The normalized spacial score (nSPS) is 16.7. The second kappa shape index (κ2) is 9.41. The topological polar surface area (TPSA) is 95.5 Å². The van der Waals surface area contributed by atoms with Crippen molar-refractivity contribution in [3.8, 4) is 0 Å². The van der Waals surface area contributed by atoms with E-state index in [4.69, 9.17) is 0 Å². The molecular formula is C22H28N2O4S. The summed E-state index contributed by atoms with van der Waals surface area (Å²) in [5.74, 6) is -1.17. The molecule has 0 bridgehead atoms. The lowest BCUT2D eigenvalue weighted by Crippen LogP contribution is -2.34. The maximum absolute atomic E-state index is 12.8. The van der Waals surface area contributed by atoms with Crippen molar-refractivity contribution in [3.63, 3.8) is 0 Å². The molecule has 2 aromatic carbocycles. The summed E-state index contributed by atoms with van der Waals surface area (Å²) in [7, 11) is -3.77. The molecule has 0 amide bonds. The zero-order chi connectivity index (χ0) is 20.9. The first kappa shape index (κ1) is 21.3. The van der Waals surface area contributed by atoms with Crippen LogP contribution in [0.1, 0.15) is 67.4 Å². The Morgan fingerprint density at radius 1 is 1.03 bits per heavy atom. The Balaban J connectivity index is 1.82. The molecule has 0 aliphatic heterocycles. The van der Waals surface area contributed by atoms with Gasteiger partial charge in [0, 0.05) is 17.8 Å². The van der Waals surface area contributed by atoms with Crippen molar-refractivity contribution in [2.75, 3.05) is 5.32 Å². The Morgan fingerprint density at radius 2 is 1.69 bits per heavy atom. The number of carboxylic acids is 1. The second-order valence-corrected chi connectivity index (χ2v) is 9.31. The van der Waals surface area contributed by atoms with Crippen LogP contribution in [0.3, 0.4) is 0 Å². The maximum atomic E-state index is 12.8. The first-order chi connectivity index (χ1) is 13.9. The van der Waals surface area contributed by atoms with Crippen molar-refractivity contribution in [3.05, 3.63) is 59.7 Å². The third-order valence-corrected chi connectivity index (χ3v) is 6.90. The molecule has 1 fully saturated rings. The molecule has 1 aliphatic rings. The van der Waals surface area contributed by atoms with Crippen molar-refractivity contribution >= 4 is 21.7 Å². The van der Waals surface area contributed by atoms with E-state index in [9.17, 15) is 18.3 Å². The van der Waals surface area contributed by atoms with E-state index in [2.05, 4.69) is 10.0 Å². The van der Waals surface area contributed by atoms with Crippen molar-refractivity contribution in [2.24, 2.45) is 0 Å². The average Bonchev–Trinajstić information content (AvgIpc) is 2.96. The predicted molar refractivity (Wildman–Crippen MR) is 114 cm³/mol. The predicted octanol–water partition coefficient (Wildman–Crippen LogP) is 4.56. The highest BCUT2D eigenvalue weighted by atomic mass is 32.2. The Labute approximate surface area is 172 Å². The molecule has 0 heterocycles. The van der Waals surface area contributed by atoms with Gasteiger partial charge < -0.3 is 10.4 Å². The fraction of sp³-hybridized carbons (Fsp3) is 0.409. The number of rotatable bonds is 7. The molecule has 7 heteroatoms. The molecule has 3 N–H and O–H groups in total. The molecule has 1 saturated carbocycles. The lowest BCUT2D eigenvalue weighted by molar-refractivity contribution is 0.0697. The van der Waals surface area contributed by atoms with Gasteiger partial charge in [0.15, 0.2) is 0 Å². The largest absolute Gasteiger partial charge is 0.478 e. The number of hydrogen-bond acceptors (Lipinski definition) is 4. The van der Waals surface area contributed by atoms with E-state index < -0.39 is 16.0 Å². The zero-order valence-corrected chi connectivity index (χ0v) is 17.4. The number of sulfonamides is 1. The van der Waals surface area contributed by atoms with Crippen LogP contribution in [0.2, 0.25) is 0 Å². The molecule has 0 saturated heterocycles. The number of aromatic carboxylic acids is 1. The van der Waals surface area contributed by atoms with E-state index in [1.165, 1.54) is 18.2 Å². The van der Waals surface area contributed by atoms with E-state index >= 15 is 0 Å². The summed E-state index contributed by atoms with van der Waals surface area (Å²) in [5.41, 5.74) is 1.34. The molecule has 6 nitrogen and oxygen atoms in total. The molecule has 0 radical (unpaired) electrons. The molecule has 29 heavy (non-hydrogen) atoms. The van der Waals surface area contributed by atoms with E-state index in [0.717, 1.165) is 44.1 Å². The third kappa shape index (κ3) is 5.58. The number of anilines is 1. The summed E-state index contributed by atoms with van der Waals surface area (Å²) in [6.07, 6.45) is 5.91. The van der Waals surface area contributed by atoms with Crippen molar-refractivity contribution in [2.45, 2.75) is 62.4 Å². The summed E-state index contributed by atoms with van der Waals surface area (Å²) in [5, 5.41) is 12.8. The summed E-state index contributed by atoms with van der Waals surface area (Å²) >= 11 is 0. The van der Waals surface area contributed by atoms with Gasteiger partial charge in [0.25, 0.3) is 0 Å². The Hall–Kier alpha value is -2.38. The molecule has 156 valence electrons. The number of nitrogens with one attached hydrogen (secondary N) is 2. The maximum Gasteiger partial charge on any atom is 0.337 e. The fourth-order valence-corrected chi connectivity index (χ4v) is 5.07. The first-order valence-electron chi connectivity index (χ1n) is 10.1. The van der Waals surface area contributed by atoms with Crippen LogP contribution in [-0.2, 0) is 10.0 Å². The van der Waals surface area contributed by atoms with Gasteiger partial charge in [-0.05, 0) is 43.5 Å². The quantitative estimate of drug-likeness (QED) is 0.575. The minimum absolute atomic E-state index is 0.0166. The highest BCUT2D eigenvalue weighted by Crippen LogP contribution is 2.26. The van der Waals surface area contributed by atoms with Gasteiger partial charge in [-0.2, -0.15) is 0 Å². The summed E-state index contributed by atoms with van der Waals surface area (Å²) in [4.78, 5) is 11.8. The SMILES string of the molecule is CC(Nc1ccc(S(=O)(=O)NC2CCCCCC2)cc1C(=O)O)c1ccccc1. The third-order valence-electron chi connectivity index (χ3n) is 5.38. The molecule has 2 aromatic rings. The lowest BCUT2D eigenvalue weighted by atomic mass is 10.1. The highest BCUT2D eigenvalue weighted by molar-refractivity contribution is 7.89. The average molecular weight is 417 g/mol. The minimum atomic E-state index is -3.77. The summed E-state index contributed by atoms with van der Waals surface area (Å²) in [6, 6.07) is 13.7. The van der Waals surface area contributed by atoms with Crippen molar-refractivity contribution < 1.29 is 18.3 Å².